The molecule has 0 spiro atoms. The lowest BCUT2D eigenvalue weighted by molar-refractivity contribution is 0.631. The van der Waals surface area contributed by atoms with Gasteiger partial charge in [-0.3, -0.25) is 0 Å². The summed E-state index contributed by atoms with van der Waals surface area (Å²) in [5.74, 6) is -0.359. The Morgan fingerprint density at radius 3 is 2.72 bits per heavy atom. The van der Waals surface area contributed by atoms with E-state index in [1.165, 1.54) is 6.07 Å². The molecule has 3 nitrogen and oxygen atoms in total. The van der Waals surface area contributed by atoms with E-state index in [2.05, 4.69) is 5.32 Å². The quantitative estimate of drug-likeness (QED) is 0.793. The lowest BCUT2D eigenvalue weighted by atomic mass is 10.1. The van der Waals surface area contributed by atoms with Crippen LogP contribution in [0.1, 0.15) is 11.1 Å². The van der Waals surface area contributed by atoms with Crippen LogP contribution in [0.2, 0.25) is 0 Å². The Hall–Kier alpha value is -2.54. The summed E-state index contributed by atoms with van der Waals surface area (Å²) in [6.45, 7) is 1.87. The van der Waals surface area contributed by atoms with E-state index in [9.17, 15) is 4.39 Å². The highest BCUT2D eigenvalue weighted by Crippen LogP contribution is 2.27. The maximum Gasteiger partial charge on any atom is 0.146 e. The molecule has 0 atom stereocenters. The van der Waals surface area contributed by atoms with Gasteiger partial charge >= 0.3 is 0 Å². The van der Waals surface area contributed by atoms with Gasteiger partial charge in [0.1, 0.15) is 11.9 Å². The van der Waals surface area contributed by atoms with Crippen LogP contribution in [0.15, 0.2) is 36.4 Å². The van der Waals surface area contributed by atoms with Crippen molar-refractivity contribution in [2.45, 2.75) is 6.92 Å². The van der Waals surface area contributed by atoms with Crippen molar-refractivity contribution < 1.29 is 4.39 Å². The molecule has 2 rings (SSSR count). The number of hydrogen-bond donors (Lipinski definition) is 2. The van der Waals surface area contributed by atoms with Gasteiger partial charge in [0.05, 0.1) is 22.6 Å². The van der Waals surface area contributed by atoms with Crippen molar-refractivity contribution in [3.8, 4) is 6.07 Å². The molecule has 0 saturated heterocycles. The smallest absolute Gasteiger partial charge is 0.146 e. The third kappa shape index (κ3) is 2.25. The highest BCUT2D eigenvalue weighted by molar-refractivity contribution is 5.77. The number of aryl methyl sites for hydroxylation is 1. The van der Waals surface area contributed by atoms with Crippen LogP contribution in [0.5, 0.6) is 0 Å². The van der Waals surface area contributed by atoms with Gasteiger partial charge < -0.3 is 11.1 Å². The van der Waals surface area contributed by atoms with E-state index >= 15 is 0 Å². The van der Waals surface area contributed by atoms with Crippen molar-refractivity contribution in [1.82, 2.24) is 0 Å². The largest absolute Gasteiger partial charge is 0.396 e. The molecule has 2 aromatic rings. The lowest BCUT2D eigenvalue weighted by Gasteiger charge is -2.11. The molecule has 0 amide bonds. The molecule has 0 heterocycles. The van der Waals surface area contributed by atoms with Gasteiger partial charge in [-0.15, -0.1) is 0 Å². The van der Waals surface area contributed by atoms with Crippen LogP contribution in [0.3, 0.4) is 0 Å². The molecule has 0 unspecified atom stereocenters. The fourth-order valence-corrected chi connectivity index (χ4v) is 1.65. The molecule has 4 heteroatoms. The minimum atomic E-state index is -0.359. The van der Waals surface area contributed by atoms with Gasteiger partial charge in [0.2, 0.25) is 0 Å². The first kappa shape index (κ1) is 11.9. The molecule has 90 valence electrons. The van der Waals surface area contributed by atoms with Crippen molar-refractivity contribution >= 4 is 17.1 Å². The summed E-state index contributed by atoms with van der Waals surface area (Å²) in [5.41, 5.74) is 8.32. The van der Waals surface area contributed by atoms with Gasteiger partial charge in [-0.05, 0) is 36.8 Å². The van der Waals surface area contributed by atoms with E-state index in [-0.39, 0.29) is 5.82 Å². The average Bonchev–Trinajstić information content (AvgIpc) is 2.36. The zero-order chi connectivity index (χ0) is 13.1. The highest BCUT2D eigenvalue weighted by Gasteiger charge is 2.07. The van der Waals surface area contributed by atoms with Crippen LogP contribution < -0.4 is 11.1 Å². The Kier molecular flexibility index (Phi) is 3.16. The van der Waals surface area contributed by atoms with Crippen LogP contribution in [-0.4, -0.2) is 0 Å². The molecule has 0 aliphatic carbocycles. The number of nitrogen functional groups attached to an aromatic ring is 1. The monoisotopic (exact) mass is 241 g/mol. The Balaban J connectivity index is 2.41. The second kappa shape index (κ2) is 4.76. The van der Waals surface area contributed by atoms with E-state index < -0.39 is 0 Å². The van der Waals surface area contributed by atoms with E-state index in [1.807, 2.05) is 13.0 Å². The second-order valence-electron chi connectivity index (χ2n) is 3.99. The summed E-state index contributed by atoms with van der Waals surface area (Å²) in [6, 6.07) is 11.8. The van der Waals surface area contributed by atoms with Gasteiger partial charge in [0.15, 0.2) is 0 Å². The zero-order valence-electron chi connectivity index (χ0n) is 9.87. The van der Waals surface area contributed by atoms with E-state index in [0.717, 1.165) is 5.56 Å². The summed E-state index contributed by atoms with van der Waals surface area (Å²) >= 11 is 0. The number of hydrogen-bond acceptors (Lipinski definition) is 3. The molecule has 0 aliphatic heterocycles. The summed E-state index contributed by atoms with van der Waals surface area (Å²) in [7, 11) is 0. The average molecular weight is 241 g/mol. The van der Waals surface area contributed by atoms with E-state index in [0.29, 0.717) is 22.6 Å². The third-order valence-corrected chi connectivity index (χ3v) is 2.62. The summed E-state index contributed by atoms with van der Waals surface area (Å²) in [6.07, 6.45) is 0. The summed E-state index contributed by atoms with van der Waals surface area (Å²) in [5, 5.41) is 11.8. The minimum Gasteiger partial charge on any atom is -0.396 e. The number of anilines is 3. The Morgan fingerprint density at radius 1 is 1.22 bits per heavy atom. The van der Waals surface area contributed by atoms with Gasteiger partial charge in [-0.2, -0.15) is 5.26 Å². The molecule has 0 bridgehead atoms. The molecule has 2 aromatic carbocycles. The molecular formula is C14H12FN3. The van der Waals surface area contributed by atoms with Crippen molar-refractivity contribution in [3.05, 3.63) is 53.3 Å². The van der Waals surface area contributed by atoms with Gasteiger partial charge in [-0.1, -0.05) is 12.1 Å². The van der Waals surface area contributed by atoms with Crippen molar-refractivity contribution in [3.63, 3.8) is 0 Å². The first-order valence-corrected chi connectivity index (χ1v) is 5.43. The predicted molar refractivity (Wildman–Crippen MR) is 70.0 cm³/mol. The molecule has 18 heavy (non-hydrogen) atoms. The number of rotatable bonds is 2. The minimum absolute atomic E-state index is 0.320. The fraction of sp³-hybridized carbons (Fsp3) is 0.0714. The second-order valence-corrected chi connectivity index (χ2v) is 3.99. The summed E-state index contributed by atoms with van der Waals surface area (Å²) < 4.78 is 13.6. The molecule has 0 aromatic heterocycles. The first-order chi connectivity index (χ1) is 8.61. The number of halogens is 1. The predicted octanol–water partition coefficient (Wildman–Crippen LogP) is 3.33. The molecule has 0 fully saturated rings. The van der Waals surface area contributed by atoms with Crippen LogP contribution in [0.25, 0.3) is 0 Å². The highest BCUT2D eigenvalue weighted by atomic mass is 19.1. The number of nitriles is 1. The zero-order valence-corrected chi connectivity index (χ0v) is 9.87. The normalized spacial score (nSPS) is 9.83. The molecule has 0 radical (unpaired) electrons. The Labute approximate surface area is 105 Å². The number of nitrogens with one attached hydrogen (secondary N) is 1. The number of nitrogens with two attached hydrogens (primary N) is 1. The Bertz CT molecular complexity index is 629. The first-order valence-electron chi connectivity index (χ1n) is 5.43. The molecule has 0 saturated carbocycles. The van der Waals surface area contributed by atoms with Crippen LogP contribution in [0, 0.1) is 24.1 Å². The number of benzene rings is 2. The van der Waals surface area contributed by atoms with Gasteiger partial charge in [0, 0.05) is 0 Å². The van der Waals surface area contributed by atoms with Crippen molar-refractivity contribution in [2.75, 3.05) is 11.1 Å². The number of para-hydroxylation sites is 1. The maximum atomic E-state index is 13.6. The van der Waals surface area contributed by atoms with Crippen LogP contribution >= 0.6 is 0 Å². The standard InChI is InChI=1S/C14H12FN3/c1-9-5-6-11(15)13(7-9)18-12-4-2-3-10(8-16)14(12)17/h2-7,18H,17H2,1H3. The lowest BCUT2D eigenvalue weighted by Crippen LogP contribution is -2.00. The topological polar surface area (TPSA) is 61.8 Å². The molecular weight excluding hydrogens is 229 g/mol. The molecule has 0 aliphatic rings. The van der Waals surface area contributed by atoms with Gasteiger partial charge in [-0.25, -0.2) is 4.39 Å². The SMILES string of the molecule is Cc1ccc(F)c(Nc2cccc(C#N)c2N)c1. The van der Waals surface area contributed by atoms with Crippen molar-refractivity contribution in [1.29, 1.82) is 5.26 Å². The third-order valence-electron chi connectivity index (χ3n) is 2.62. The van der Waals surface area contributed by atoms with Gasteiger partial charge in [0.25, 0.3) is 0 Å². The Morgan fingerprint density at radius 2 is 2.00 bits per heavy atom. The fourth-order valence-electron chi connectivity index (χ4n) is 1.65. The molecule has 3 N–H and O–H groups in total. The summed E-state index contributed by atoms with van der Waals surface area (Å²) in [4.78, 5) is 0. The maximum absolute atomic E-state index is 13.6. The van der Waals surface area contributed by atoms with E-state index in [4.69, 9.17) is 11.0 Å². The van der Waals surface area contributed by atoms with E-state index in [1.54, 1.807) is 30.3 Å². The van der Waals surface area contributed by atoms with Crippen LogP contribution in [0.4, 0.5) is 21.5 Å². The van der Waals surface area contributed by atoms with Crippen molar-refractivity contribution in [2.24, 2.45) is 0 Å². The number of nitrogens with zero attached hydrogens (tertiary/aromatic N) is 1. The van der Waals surface area contributed by atoms with Crippen LogP contribution in [-0.2, 0) is 0 Å².